The van der Waals surface area contributed by atoms with Crippen LogP contribution in [0.1, 0.15) is 66.6 Å². The van der Waals surface area contributed by atoms with Crippen molar-refractivity contribution in [2.24, 2.45) is 0 Å². The average molecular weight is 463 g/mol. The Morgan fingerprint density at radius 1 is 1.06 bits per heavy atom. The van der Waals surface area contributed by atoms with Crippen molar-refractivity contribution in [2.45, 2.75) is 61.5 Å². The Bertz CT molecular complexity index is 1220. The van der Waals surface area contributed by atoms with Gasteiger partial charge >= 0.3 is 0 Å². The highest BCUT2D eigenvalue weighted by atomic mass is 35.5. The Morgan fingerprint density at radius 3 is 2.58 bits per heavy atom. The summed E-state index contributed by atoms with van der Waals surface area (Å²) in [5.41, 5.74) is 1.49. The Labute approximate surface area is 185 Å². The van der Waals surface area contributed by atoms with E-state index in [0.717, 1.165) is 55.5 Å². The molecule has 2 aliphatic rings. The standard InChI is InChI=1S/C22H23ClN2O5S/c23-14-3-9-19-18(11-14)25-22(30-19)13-1-4-15(5-2-13)24-21(26)20-10-6-16(29-20)12-31(27,28)17-7-8-17/h3,6,9-11,13,15,17H,1-2,4-5,7-8,12H2,(H,24,26). The molecule has 164 valence electrons. The maximum atomic E-state index is 12.5. The second-order valence-corrected chi connectivity index (χ2v) is 11.2. The van der Waals surface area contributed by atoms with Crippen LogP contribution < -0.4 is 5.32 Å². The van der Waals surface area contributed by atoms with Crippen LogP contribution in [-0.4, -0.2) is 30.6 Å². The van der Waals surface area contributed by atoms with Gasteiger partial charge in [0.25, 0.3) is 5.91 Å². The monoisotopic (exact) mass is 462 g/mol. The molecule has 2 aliphatic carbocycles. The lowest BCUT2D eigenvalue weighted by Gasteiger charge is -2.27. The number of carbonyl (C=O) groups excluding carboxylic acids is 1. The predicted molar refractivity (Wildman–Crippen MR) is 116 cm³/mol. The van der Waals surface area contributed by atoms with Gasteiger partial charge in [0.15, 0.2) is 27.1 Å². The third kappa shape index (κ3) is 4.50. The summed E-state index contributed by atoms with van der Waals surface area (Å²) in [5.74, 6) is 0.939. The highest BCUT2D eigenvalue weighted by Gasteiger charge is 2.36. The quantitative estimate of drug-likeness (QED) is 0.574. The van der Waals surface area contributed by atoms with Gasteiger partial charge in [-0.1, -0.05) is 11.6 Å². The van der Waals surface area contributed by atoms with Crippen LogP contribution in [0.3, 0.4) is 0 Å². The summed E-state index contributed by atoms with van der Waals surface area (Å²) in [4.78, 5) is 17.1. The number of oxazole rings is 1. The number of sulfone groups is 1. The smallest absolute Gasteiger partial charge is 0.287 e. The van der Waals surface area contributed by atoms with Crippen molar-refractivity contribution in [3.05, 3.63) is 52.8 Å². The van der Waals surface area contributed by atoms with Crippen LogP contribution in [0.15, 0.2) is 39.2 Å². The van der Waals surface area contributed by atoms with E-state index in [-0.39, 0.29) is 34.6 Å². The first-order chi connectivity index (χ1) is 14.9. The number of fused-ring (bicyclic) bond motifs is 1. The zero-order chi connectivity index (χ0) is 21.6. The number of benzene rings is 1. The fourth-order valence-corrected chi connectivity index (χ4v) is 5.96. The third-order valence-electron chi connectivity index (χ3n) is 6.04. The summed E-state index contributed by atoms with van der Waals surface area (Å²) >= 11 is 6.02. The van der Waals surface area contributed by atoms with Crippen molar-refractivity contribution in [2.75, 3.05) is 0 Å². The molecule has 2 aromatic heterocycles. The summed E-state index contributed by atoms with van der Waals surface area (Å²) < 4.78 is 35.6. The van der Waals surface area contributed by atoms with E-state index in [0.29, 0.717) is 10.8 Å². The summed E-state index contributed by atoms with van der Waals surface area (Å²) in [6.45, 7) is 0. The van der Waals surface area contributed by atoms with Gasteiger partial charge in [-0.25, -0.2) is 13.4 Å². The molecule has 0 aliphatic heterocycles. The van der Waals surface area contributed by atoms with Crippen LogP contribution in [0.5, 0.6) is 0 Å². The minimum Gasteiger partial charge on any atom is -0.455 e. The van der Waals surface area contributed by atoms with Gasteiger partial charge in [0.05, 0.1) is 5.25 Å². The number of rotatable bonds is 6. The average Bonchev–Trinajstić information content (AvgIpc) is 3.38. The van der Waals surface area contributed by atoms with Crippen LogP contribution in [0, 0.1) is 0 Å². The third-order valence-corrected chi connectivity index (χ3v) is 8.45. The summed E-state index contributed by atoms with van der Waals surface area (Å²) in [6.07, 6.45) is 4.76. The molecule has 9 heteroatoms. The van der Waals surface area contributed by atoms with Crippen molar-refractivity contribution < 1.29 is 22.0 Å². The Kier molecular flexibility index (Phi) is 5.30. The zero-order valence-electron chi connectivity index (χ0n) is 16.8. The van der Waals surface area contributed by atoms with Crippen molar-refractivity contribution in [1.29, 1.82) is 0 Å². The molecule has 0 unspecified atom stereocenters. The van der Waals surface area contributed by atoms with Crippen molar-refractivity contribution >= 4 is 38.4 Å². The van der Waals surface area contributed by atoms with E-state index < -0.39 is 9.84 Å². The molecule has 1 N–H and O–H groups in total. The molecule has 2 saturated carbocycles. The van der Waals surface area contributed by atoms with E-state index in [1.54, 1.807) is 24.3 Å². The number of hydrogen-bond acceptors (Lipinski definition) is 6. The first kappa shape index (κ1) is 20.6. The molecule has 3 aromatic rings. The van der Waals surface area contributed by atoms with Crippen molar-refractivity contribution in [1.82, 2.24) is 10.3 Å². The van der Waals surface area contributed by atoms with Crippen LogP contribution in [0.2, 0.25) is 5.02 Å². The number of carbonyl (C=O) groups is 1. The van der Waals surface area contributed by atoms with Crippen LogP contribution in [-0.2, 0) is 15.6 Å². The largest absolute Gasteiger partial charge is 0.455 e. The number of amides is 1. The lowest BCUT2D eigenvalue weighted by atomic mass is 9.86. The van der Waals surface area contributed by atoms with Gasteiger partial charge in [0.2, 0.25) is 0 Å². The van der Waals surface area contributed by atoms with Gasteiger partial charge in [-0.3, -0.25) is 4.79 Å². The van der Waals surface area contributed by atoms with E-state index >= 15 is 0 Å². The molecule has 5 rings (SSSR count). The molecule has 0 bridgehead atoms. The maximum Gasteiger partial charge on any atom is 0.287 e. The van der Waals surface area contributed by atoms with Gasteiger partial charge in [0.1, 0.15) is 17.0 Å². The predicted octanol–water partition coefficient (Wildman–Crippen LogP) is 4.61. The Morgan fingerprint density at radius 2 is 1.84 bits per heavy atom. The molecule has 0 saturated heterocycles. The normalized spacial score (nSPS) is 22.0. The zero-order valence-corrected chi connectivity index (χ0v) is 18.4. The highest BCUT2D eigenvalue weighted by Crippen LogP contribution is 2.35. The summed E-state index contributed by atoms with van der Waals surface area (Å²) in [5, 5.41) is 3.38. The van der Waals surface area contributed by atoms with Gasteiger partial charge in [-0.2, -0.15) is 0 Å². The van der Waals surface area contributed by atoms with E-state index in [1.807, 2.05) is 6.07 Å². The second kappa shape index (κ2) is 7.98. The minimum absolute atomic E-state index is 0.0336. The molecule has 0 spiro atoms. The minimum atomic E-state index is -3.17. The molecule has 1 amide bonds. The first-order valence-corrected chi connectivity index (χ1v) is 12.6. The lowest BCUT2D eigenvalue weighted by molar-refractivity contribution is 0.0895. The van der Waals surface area contributed by atoms with E-state index in [2.05, 4.69) is 10.3 Å². The fourth-order valence-electron chi connectivity index (χ4n) is 4.16. The molecule has 1 aromatic carbocycles. The molecular weight excluding hydrogens is 440 g/mol. The van der Waals surface area contributed by atoms with Crippen molar-refractivity contribution in [3.8, 4) is 0 Å². The number of furan rings is 1. The van der Waals surface area contributed by atoms with Crippen molar-refractivity contribution in [3.63, 3.8) is 0 Å². The van der Waals surface area contributed by atoms with E-state index in [4.69, 9.17) is 20.4 Å². The summed E-state index contributed by atoms with van der Waals surface area (Å²) in [7, 11) is -3.17. The van der Waals surface area contributed by atoms with Crippen LogP contribution in [0.4, 0.5) is 0 Å². The Hall–Kier alpha value is -2.32. The number of hydrogen-bond donors (Lipinski definition) is 1. The molecule has 2 heterocycles. The number of nitrogens with one attached hydrogen (secondary N) is 1. The maximum absolute atomic E-state index is 12.5. The molecule has 2 fully saturated rings. The van der Waals surface area contributed by atoms with Crippen LogP contribution in [0.25, 0.3) is 11.1 Å². The van der Waals surface area contributed by atoms with Gasteiger partial charge in [-0.05, 0) is 68.9 Å². The Balaban J connectivity index is 1.16. The molecule has 31 heavy (non-hydrogen) atoms. The van der Waals surface area contributed by atoms with E-state index in [1.165, 1.54) is 0 Å². The SMILES string of the molecule is O=C(NC1CCC(c2nc3cc(Cl)ccc3o2)CC1)c1ccc(CS(=O)(=O)C2CC2)o1. The van der Waals surface area contributed by atoms with Gasteiger partial charge < -0.3 is 14.2 Å². The van der Waals surface area contributed by atoms with Gasteiger partial charge in [0, 0.05) is 17.0 Å². The number of halogens is 1. The van der Waals surface area contributed by atoms with Crippen LogP contribution >= 0.6 is 11.6 Å². The molecule has 7 nitrogen and oxygen atoms in total. The molecule has 0 radical (unpaired) electrons. The first-order valence-electron chi connectivity index (χ1n) is 10.5. The molecular formula is C22H23ClN2O5S. The summed E-state index contributed by atoms with van der Waals surface area (Å²) in [6, 6.07) is 8.56. The molecule has 0 atom stereocenters. The van der Waals surface area contributed by atoms with E-state index in [9.17, 15) is 13.2 Å². The number of nitrogens with zero attached hydrogens (tertiary/aromatic N) is 1. The number of aromatic nitrogens is 1. The highest BCUT2D eigenvalue weighted by molar-refractivity contribution is 7.91. The fraction of sp³-hybridized carbons (Fsp3) is 0.455. The topological polar surface area (TPSA) is 102 Å². The van der Waals surface area contributed by atoms with Gasteiger partial charge in [-0.15, -0.1) is 0 Å². The second-order valence-electron chi connectivity index (χ2n) is 8.46. The lowest BCUT2D eigenvalue weighted by Crippen LogP contribution is -2.37.